The fourth-order valence-corrected chi connectivity index (χ4v) is 5.69. The van der Waals surface area contributed by atoms with E-state index in [1.54, 1.807) is 5.56 Å². The molecule has 1 N–H and O–H groups in total. The molecular weight excluding hydrogens is 372 g/mol. The lowest BCUT2D eigenvalue weighted by Gasteiger charge is -2.26. The molecule has 1 saturated carbocycles. The van der Waals surface area contributed by atoms with Crippen LogP contribution in [0.2, 0.25) is 0 Å². The molecule has 1 spiro atoms. The summed E-state index contributed by atoms with van der Waals surface area (Å²) in [6.45, 7) is 0.532. The number of amides is 1. The number of hydrogen-bond donors (Lipinski definition) is 1. The van der Waals surface area contributed by atoms with Gasteiger partial charge >= 0.3 is 6.09 Å². The van der Waals surface area contributed by atoms with Gasteiger partial charge in [-0.05, 0) is 91.2 Å². The Morgan fingerprint density at radius 1 is 1.10 bits per heavy atom. The van der Waals surface area contributed by atoms with E-state index in [-0.39, 0.29) is 11.6 Å². The number of anilines is 1. The van der Waals surface area contributed by atoms with Crippen molar-refractivity contribution in [3.63, 3.8) is 0 Å². The van der Waals surface area contributed by atoms with Crippen LogP contribution in [0.15, 0.2) is 42.5 Å². The number of carbonyl (C=O) groups is 1. The molecule has 30 heavy (non-hydrogen) atoms. The molecule has 1 saturated heterocycles. The Bertz CT molecular complexity index is 937. The quantitative estimate of drug-likeness (QED) is 0.792. The summed E-state index contributed by atoms with van der Waals surface area (Å²) in [6, 6.07) is 16.2. The topological polar surface area (TPSA) is 41.6 Å². The summed E-state index contributed by atoms with van der Waals surface area (Å²) in [5, 5.41) is 3.07. The maximum Gasteiger partial charge on any atom is 0.407 e. The number of ether oxygens (including phenoxy) is 1. The highest BCUT2D eigenvalue weighted by atomic mass is 16.6. The Morgan fingerprint density at radius 3 is 2.67 bits per heavy atom. The van der Waals surface area contributed by atoms with E-state index < -0.39 is 0 Å². The number of hydrogen-bond acceptors (Lipinski definition) is 3. The van der Waals surface area contributed by atoms with Crippen molar-refractivity contribution in [1.82, 2.24) is 5.32 Å². The lowest BCUT2D eigenvalue weighted by Crippen LogP contribution is -2.40. The number of nitrogens with zero attached hydrogens (tertiary/aromatic N) is 1. The Morgan fingerprint density at radius 2 is 1.93 bits per heavy atom. The second-order valence-corrected chi connectivity index (χ2v) is 9.82. The van der Waals surface area contributed by atoms with Gasteiger partial charge in [-0.15, -0.1) is 0 Å². The molecule has 3 atom stereocenters. The zero-order chi connectivity index (χ0) is 20.7. The van der Waals surface area contributed by atoms with Gasteiger partial charge in [0.25, 0.3) is 0 Å². The molecule has 4 heteroatoms. The standard InChI is InChI=1S/C26H32N2O2/c1-28(2)24-9-4-18(5-10-24)13-19-3-6-21-15-22(8-7-20(21)14-19)23-11-12-26(16-23)17-30-25(29)27-26/h4-5,7-10,15,19,23H,3,6,11-14,16-17H2,1-2H3,(H,27,29)/t19-,23-,26+/m0/s1. The number of alkyl carbamates (subject to hydrolysis) is 1. The van der Waals surface area contributed by atoms with Crippen LogP contribution < -0.4 is 10.2 Å². The monoisotopic (exact) mass is 404 g/mol. The van der Waals surface area contributed by atoms with Gasteiger partial charge in [-0.25, -0.2) is 4.79 Å². The maximum atomic E-state index is 11.5. The molecule has 1 aliphatic heterocycles. The van der Waals surface area contributed by atoms with E-state index in [0.29, 0.717) is 12.5 Å². The third kappa shape index (κ3) is 3.80. The lowest BCUT2D eigenvalue weighted by atomic mass is 9.79. The Balaban J connectivity index is 1.23. The summed E-state index contributed by atoms with van der Waals surface area (Å²) in [6.07, 6.45) is 7.71. The number of cyclic esters (lactones) is 1. The first-order valence-corrected chi connectivity index (χ1v) is 11.3. The van der Waals surface area contributed by atoms with Crippen LogP contribution in [-0.2, 0) is 24.0 Å². The smallest absolute Gasteiger partial charge is 0.407 e. The second-order valence-electron chi connectivity index (χ2n) is 9.82. The number of aryl methyl sites for hydroxylation is 1. The molecule has 1 amide bonds. The Labute approximate surface area is 179 Å². The SMILES string of the molecule is CN(C)c1ccc(C[C@@H]2CCc3cc([C@H]4CC[C@]5(COC(=O)N5)C4)ccc3C2)cc1. The third-order valence-electron chi connectivity index (χ3n) is 7.46. The van der Waals surface area contributed by atoms with Gasteiger partial charge in [0.1, 0.15) is 6.61 Å². The van der Waals surface area contributed by atoms with Crippen LogP contribution in [0.25, 0.3) is 0 Å². The average Bonchev–Trinajstić information content (AvgIpc) is 3.33. The minimum Gasteiger partial charge on any atom is -0.447 e. The fraction of sp³-hybridized carbons (Fsp3) is 0.500. The molecule has 0 unspecified atom stereocenters. The third-order valence-corrected chi connectivity index (χ3v) is 7.46. The fourth-order valence-electron chi connectivity index (χ4n) is 5.69. The molecule has 0 bridgehead atoms. The molecule has 0 radical (unpaired) electrons. The van der Waals surface area contributed by atoms with Gasteiger partial charge in [-0.2, -0.15) is 0 Å². The largest absolute Gasteiger partial charge is 0.447 e. The molecule has 2 fully saturated rings. The number of carbonyl (C=O) groups excluding carboxylic acids is 1. The summed E-state index contributed by atoms with van der Waals surface area (Å²) in [5.74, 6) is 1.26. The van der Waals surface area contributed by atoms with E-state index >= 15 is 0 Å². The molecule has 3 aliphatic rings. The van der Waals surface area contributed by atoms with Gasteiger partial charge in [0.15, 0.2) is 0 Å². The predicted molar refractivity (Wildman–Crippen MR) is 120 cm³/mol. The second kappa shape index (κ2) is 7.64. The zero-order valence-corrected chi connectivity index (χ0v) is 18.1. The minimum atomic E-state index is -0.247. The number of rotatable bonds is 4. The van der Waals surface area contributed by atoms with Gasteiger partial charge in [-0.3, -0.25) is 0 Å². The number of benzene rings is 2. The summed E-state index contributed by atoms with van der Waals surface area (Å²) in [5.41, 5.74) is 7.11. The minimum absolute atomic E-state index is 0.120. The van der Waals surface area contributed by atoms with Crippen molar-refractivity contribution >= 4 is 11.8 Å². The predicted octanol–water partition coefficient (Wildman–Crippen LogP) is 4.85. The van der Waals surface area contributed by atoms with Crippen LogP contribution in [0.4, 0.5) is 10.5 Å². The zero-order valence-electron chi connectivity index (χ0n) is 18.1. The Kier molecular flexibility index (Phi) is 4.96. The first kappa shape index (κ1) is 19.5. The van der Waals surface area contributed by atoms with E-state index in [2.05, 4.69) is 66.8 Å². The van der Waals surface area contributed by atoms with Crippen molar-refractivity contribution < 1.29 is 9.53 Å². The van der Waals surface area contributed by atoms with Crippen LogP contribution in [0.3, 0.4) is 0 Å². The highest BCUT2D eigenvalue weighted by molar-refractivity contribution is 5.71. The van der Waals surface area contributed by atoms with Gasteiger partial charge < -0.3 is 15.0 Å². The van der Waals surface area contributed by atoms with Crippen LogP contribution in [0.1, 0.15) is 53.9 Å². The van der Waals surface area contributed by atoms with Crippen molar-refractivity contribution in [3.05, 3.63) is 64.7 Å². The molecule has 0 aromatic heterocycles. The van der Waals surface area contributed by atoms with E-state index in [1.165, 1.54) is 48.1 Å². The maximum absolute atomic E-state index is 11.5. The van der Waals surface area contributed by atoms with Crippen molar-refractivity contribution in [2.45, 2.75) is 56.4 Å². The van der Waals surface area contributed by atoms with E-state index in [9.17, 15) is 4.79 Å². The average molecular weight is 405 g/mol. The van der Waals surface area contributed by atoms with Crippen molar-refractivity contribution in [2.75, 3.05) is 25.6 Å². The van der Waals surface area contributed by atoms with E-state index in [4.69, 9.17) is 4.74 Å². The molecule has 4 nitrogen and oxygen atoms in total. The Hall–Kier alpha value is -2.49. The number of fused-ring (bicyclic) bond motifs is 1. The summed E-state index contributed by atoms with van der Waals surface area (Å²) >= 11 is 0. The molecule has 5 rings (SSSR count). The van der Waals surface area contributed by atoms with Gasteiger partial charge in [0.05, 0.1) is 5.54 Å². The highest BCUT2D eigenvalue weighted by Gasteiger charge is 2.46. The summed E-state index contributed by atoms with van der Waals surface area (Å²) in [4.78, 5) is 13.7. The molecule has 2 aromatic carbocycles. The first-order chi connectivity index (χ1) is 14.5. The van der Waals surface area contributed by atoms with Crippen molar-refractivity contribution in [2.24, 2.45) is 5.92 Å². The van der Waals surface area contributed by atoms with Gasteiger partial charge in [0.2, 0.25) is 0 Å². The molecule has 1 heterocycles. The van der Waals surface area contributed by atoms with E-state index in [1.807, 2.05) is 0 Å². The van der Waals surface area contributed by atoms with E-state index in [0.717, 1.165) is 25.2 Å². The van der Waals surface area contributed by atoms with Crippen molar-refractivity contribution in [3.8, 4) is 0 Å². The van der Waals surface area contributed by atoms with Crippen molar-refractivity contribution in [1.29, 1.82) is 0 Å². The molecule has 158 valence electrons. The van der Waals surface area contributed by atoms with Gasteiger partial charge in [-0.1, -0.05) is 30.3 Å². The first-order valence-electron chi connectivity index (χ1n) is 11.3. The van der Waals surface area contributed by atoms with Crippen LogP contribution in [-0.4, -0.2) is 32.3 Å². The lowest BCUT2D eigenvalue weighted by molar-refractivity contribution is 0.172. The molecule has 2 aromatic rings. The normalized spacial score (nSPS) is 27.6. The van der Waals surface area contributed by atoms with Gasteiger partial charge in [0, 0.05) is 19.8 Å². The molecule has 2 aliphatic carbocycles. The summed E-state index contributed by atoms with van der Waals surface area (Å²) < 4.78 is 5.19. The van der Waals surface area contributed by atoms with Crippen LogP contribution >= 0.6 is 0 Å². The van der Waals surface area contributed by atoms with Crippen LogP contribution in [0.5, 0.6) is 0 Å². The molecular formula is C26H32N2O2. The summed E-state index contributed by atoms with van der Waals surface area (Å²) in [7, 11) is 4.18. The highest BCUT2D eigenvalue weighted by Crippen LogP contribution is 2.43. The van der Waals surface area contributed by atoms with Crippen LogP contribution in [0, 0.1) is 5.92 Å². The number of nitrogens with one attached hydrogen (secondary N) is 1.